The summed E-state index contributed by atoms with van der Waals surface area (Å²) in [6.07, 6.45) is 1.20. The molecular weight excluding hydrogens is 332 g/mol. The molecule has 24 heavy (non-hydrogen) atoms. The molecule has 2 rings (SSSR count). The average Bonchev–Trinajstić information content (AvgIpc) is 2.57. The predicted molar refractivity (Wildman–Crippen MR) is 90.2 cm³/mol. The van der Waals surface area contributed by atoms with Crippen molar-refractivity contribution in [3.63, 3.8) is 0 Å². The Morgan fingerprint density at radius 1 is 1.21 bits per heavy atom. The van der Waals surface area contributed by atoms with E-state index in [1.165, 1.54) is 25.5 Å². The molecule has 0 spiro atoms. The Labute approximate surface area is 140 Å². The zero-order valence-corrected chi connectivity index (χ0v) is 14.1. The SMILES string of the molecule is CCOc1ccc(S(=O)(=O)NN=Cc2cccc(OC)c2O)cc1. The molecular formula is C16H18N2O5S. The minimum atomic E-state index is -3.81. The van der Waals surface area contributed by atoms with Gasteiger partial charge in [-0.2, -0.15) is 13.5 Å². The van der Waals surface area contributed by atoms with Crippen molar-refractivity contribution in [2.24, 2.45) is 5.10 Å². The maximum Gasteiger partial charge on any atom is 0.276 e. The third kappa shape index (κ3) is 4.17. The van der Waals surface area contributed by atoms with E-state index in [1.807, 2.05) is 6.92 Å². The van der Waals surface area contributed by atoms with Gasteiger partial charge in [-0.3, -0.25) is 0 Å². The molecule has 0 bridgehead atoms. The summed E-state index contributed by atoms with van der Waals surface area (Å²) in [5.41, 5.74) is 0.323. The summed E-state index contributed by atoms with van der Waals surface area (Å²) in [5.74, 6) is 0.735. The van der Waals surface area contributed by atoms with E-state index in [9.17, 15) is 13.5 Å². The minimum Gasteiger partial charge on any atom is -0.504 e. The molecule has 7 nitrogen and oxygen atoms in total. The van der Waals surface area contributed by atoms with Gasteiger partial charge in [0.05, 0.1) is 24.8 Å². The number of hydrazone groups is 1. The molecule has 0 fully saturated rings. The number of nitrogens with zero attached hydrogens (tertiary/aromatic N) is 1. The first-order valence-corrected chi connectivity index (χ1v) is 8.60. The van der Waals surface area contributed by atoms with Gasteiger partial charge in [0.25, 0.3) is 10.0 Å². The summed E-state index contributed by atoms with van der Waals surface area (Å²) in [6, 6.07) is 10.8. The first-order chi connectivity index (χ1) is 11.5. The number of phenolic OH excluding ortho intramolecular Hbond substituents is 1. The highest BCUT2D eigenvalue weighted by molar-refractivity contribution is 7.89. The molecule has 0 radical (unpaired) electrons. The average molecular weight is 350 g/mol. The van der Waals surface area contributed by atoms with Gasteiger partial charge in [0.2, 0.25) is 0 Å². The smallest absolute Gasteiger partial charge is 0.276 e. The van der Waals surface area contributed by atoms with Crippen LogP contribution in [0.25, 0.3) is 0 Å². The topological polar surface area (TPSA) is 97.2 Å². The quantitative estimate of drug-likeness (QED) is 0.589. The standard InChI is InChI=1S/C16H18N2O5S/c1-3-23-13-7-9-14(10-8-13)24(20,21)18-17-11-12-5-4-6-15(22-2)16(12)19/h4-11,18-19H,3H2,1-2H3. The highest BCUT2D eigenvalue weighted by atomic mass is 32.2. The number of phenols is 1. The first kappa shape index (κ1) is 17.6. The molecule has 0 aromatic heterocycles. The van der Waals surface area contributed by atoms with Crippen LogP contribution in [0.4, 0.5) is 0 Å². The van der Waals surface area contributed by atoms with Gasteiger partial charge in [0.1, 0.15) is 5.75 Å². The lowest BCUT2D eigenvalue weighted by atomic mass is 10.2. The van der Waals surface area contributed by atoms with Crippen LogP contribution in [0.15, 0.2) is 52.5 Å². The van der Waals surface area contributed by atoms with E-state index in [2.05, 4.69) is 9.93 Å². The van der Waals surface area contributed by atoms with Crippen LogP contribution in [0.2, 0.25) is 0 Å². The Bertz CT molecular complexity index is 817. The van der Waals surface area contributed by atoms with Crippen LogP contribution in [0.5, 0.6) is 17.2 Å². The Morgan fingerprint density at radius 3 is 2.54 bits per heavy atom. The van der Waals surface area contributed by atoms with Crippen LogP contribution < -0.4 is 14.3 Å². The van der Waals surface area contributed by atoms with Crippen molar-refractivity contribution in [3.05, 3.63) is 48.0 Å². The van der Waals surface area contributed by atoms with Gasteiger partial charge in [0.15, 0.2) is 11.5 Å². The minimum absolute atomic E-state index is 0.0537. The fourth-order valence-electron chi connectivity index (χ4n) is 1.91. The van der Waals surface area contributed by atoms with E-state index in [-0.39, 0.29) is 16.4 Å². The largest absolute Gasteiger partial charge is 0.504 e. The number of methoxy groups -OCH3 is 1. The van der Waals surface area contributed by atoms with E-state index < -0.39 is 10.0 Å². The zero-order valence-electron chi connectivity index (χ0n) is 13.3. The summed E-state index contributed by atoms with van der Waals surface area (Å²) < 4.78 is 34.5. The zero-order chi connectivity index (χ0) is 17.6. The van der Waals surface area contributed by atoms with Crippen molar-refractivity contribution in [3.8, 4) is 17.2 Å². The van der Waals surface area contributed by atoms with E-state index >= 15 is 0 Å². The second kappa shape index (κ2) is 7.69. The number of benzene rings is 2. The molecule has 2 aromatic rings. The second-order valence-electron chi connectivity index (χ2n) is 4.66. The molecule has 0 saturated carbocycles. The van der Waals surface area contributed by atoms with Crippen LogP contribution in [-0.2, 0) is 10.0 Å². The molecule has 128 valence electrons. The molecule has 0 aliphatic rings. The predicted octanol–water partition coefficient (Wildman–Crippen LogP) is 2.11. The fraction of sp³-hybridized carbons (Fsp3) is 0.188. The maximum atomic E-state index is 12.1. The summed E-state index contributed by atoms with van der Waals surface area (Å²) in [7, 11) is -2.39. The lowest BCUT2D eigenvalue weighted by molar-refractivity contribution is 0.340. The van der Waals surface area contributed by atoms with Gasteiger partial charge in [0, 0.05) is 5.56 Å². The first-order valence-electron chi connectivity index (χ1n) is 7.11. The molecule has 0 aliphatic carbocycles. The number of aromatic hydroxyl groups is 1. The normalized spacial score (nSPS) is 11.4. The van der Waals surface area contributed by atoms with E-state index in [0.717, 1.165) is 0 Å². The Morgan fingerprint density at radius 2 is 1.92 bits per heavy atom. The molecule has 0 atom stereocenters. The van der Waals surface area contributed by atoms with Crippen molar-refractivity contribution in [2.75, 3.05) is 13.7 Å². The number of para-hydroxylation sites is 1. The third-order valence-corrected chi connectivity index (χ3v) is 4.31. The Balaban J connectivity index is 2.12. The Hall–Kier alpha value is -2.74. The van der Waals surface area contributed by atoms with Crippen molar-refractivity contribution in [1.82, 2.24) is 4.83 Å². The third-order valence-electron chi connectivity index (χ3n) is 3.07. The van der Waals surface area contributed by atoms with Crippen molar-refractivity contribution in [1.29, 1.82) is 0 Å². The number of nitrogens with one attached hydrogen (secondary N) is 1. The molecule has 0 unspecified atom stereocenters. The number of rotatable bonds is 7. The molecule has 8 heteroatoms. The number of ether oxygens (including phenoxy) is 2. The lowest BCUT2D eigenvalue weighted by Gasteiger charge is -2.06. The summed E-state index contributed by atoms with van der Waals surface area (Å²) in [5, 5.41) is 13.6. The van der Waals surface area contributed by atoms with Crippen molar-refractivity contribution >= 4 is 16.2 Å². The van der Waals surface area contributed by atoms with Gasteiger partial charge in [-0.05, 0) is 43.3 Å². The second-order valence-corrected chi connectivity index (χ2v) is 6.32. The molecule has 0 aliphatic heterocycles. The van der Waals surface area contributed by atoms with Crippen LogP contribution in [0.1, 0.15) is 12.5 Å². The van der Waals surface area contributed by atoms with E-state index in [0.29, 0.717) is 17.9 Å². The monoisotopic (exact) mass is 350 g/mol. The lowest BCUT2D eigenvalue weighted by Crippen LogP contribution is -2.18. The summed E-state index contributed by atoms with van der Waals surface area (Å²) in [6.45, 7) is 2.34. The van der Waals surface area contributed by atoms with Gasteiger partial charge < -0.3 is 14.6 Å². The highest BCUT2D eigenvalue weighted by Crippen LogP contribution is 2.27. The maximum absolute atomic E-state index is 12.1. The highest BCUT2D eigenvalue weighted by Gasteiger charge is 2.13. The summed E-state index contributed by atoms with van der Waals surface area (Å²) >= 11 is 0. The molecule has 0 heterocycles. The van der Waals surface area contributed by atoms with Crippen LogP contribution in [0, 0.1) is 0 Å². The van der Waals surface area contributed by atoms with Crippen LogP contribution >= 0.6 is 0 Å². The van der Waals surface area contributed by atoms with Gasteiger partial charge in [-0.25, -0.2) is 4.83 Å². The van der Waals surface area contributed by atoms with Gasteiger partial charge in [-0.15, -0.1) is 0 Å². The molecule has 0 amide bonds. The van der Waals surface area contributed by atoms with E-state index in [4.69, 9.17) is 9.47 Å². The van der Waals surface area contributed by atoms with Gasteiger partial charge in [-0.1, -0.05) is 6.07 Å². The molecule has 2 aromatic carbocycles. The number of sulfonamides is 1. The van der Waals surface area contributed by atoms with Crippen molar-refractivity contribution < 1.29 is 23.0 Å². The number of hydrogen-bond donors (Lipinski definition) is 2. The van der Waals surface area contributed by atoms with Crippen LogP contribution in [-0.4, -0.2) is 33.5 Å². The van der Waals surface area contributed by atoms with E-state index in [1.54, 1.807) is 30.3 Å². The van der Waals surface area contributed by atoms with Gasteiger partial charge >= 0.3 is 0 Å². The molecule has 2 N–H and O–H groups in total. The number of hydrogen-bond acceptors (Lipinski definition) is 6. The van der Waals surface area contributed by atoms with Crippen LogP contribution in [0.3, 0.4) is 0 Å². The summed E-state index contributed by atoms with van der Waals surface area (Å²) in [4.78, 5) is 2.14. The fourth-order valence-corrected chi connectivity index (χ4v) is 2.70. The van der Waals surface area contributed by atoms with Crippen molar-refractivity contribution in [2.45, 2.75) is 11.8 Å². The molecule has 0 saturated heterocycles. The Kier molecular flexibility index (Phi) is 5.64.